The Morgan fingerprint density at radius 2 is 1.96 bits per heavy atom. The fraction of sp³-hybridized carbons (Fsp3) is 0.556. The predicted molar refractivity (Wildman–Crippen MR) is 108 cm³/mol. The first-order valence-corrected chi connectivity index (χ1v) is 9.18. The standard InChI is InChI=1S/C18H24FN5O3.ClH/c1-9(20)11-5-6-22(7-11)14-12(19)8-23-15(16(14)27-2)13(10-3-4-10)17(25)24(21)18(23)26;/h8-11H,3-7,20-21H2,1-2H3;1H/t9-,11-;/m1./s1. The van der Waals surface area contributed by atoms with E-state index in [4.69, 9.17) is 16.3 Å². The average Bonchev–Trinajstić information content (AvgIpc) is 3.35. The number of anilines is 1. The Kier molecular flexibility index (Phi) is 5.33. The minimum Gasteiger partial charge on any atom is -0.492 e. The Hall–Kier alpha value is -2.26. The smallest absolute Gasteiger partial charge is 0.354 e. The lowest BCUT2D eigenvalue weighted by Crippen LogP contribution is -2.44. The van der Waals surface area contributed by atoms with E-state index in [0.29, 0.717) is 28.8 Å². The molecular weight excluding hydrogens is 389 g/mol. The molecule has 28 heavy (non-hydrogen) atoms. The fourth-order valence-corrected chi connectivity index (χ4v) is 4.05. The van der Waals surface area contributed by atoms with E-state index in [1.54, 1.807) is 0 Å². The van der Waals surface area contributed by atoms with Crippen LogP contribution in [0.3, 0.4) is 0 Å². The number of aromatic nitrogens is 2. The lowest BCUT2D eigenvalue weighted by Gasteiger charge is -2.24. The van der Waals surface area contributed by atoms with Crippen LogP contribution in [-0.2, 0) is 0 Å². The Morgan fingerprint density at radius 1 is 1.29 bits per heavy atom. The average molecular weight is 414 g/mol. The zero-order chi connectivity index (χ0) is 19.5. The van der Waals surface area contributed by atoms with Crippen LogP contribution in [0, 0.1) is 11.7 Å². The summed E-state index contributed by atoms with van der Waals surface area (Å²) in [4.78, 5) is 27.0. The molecule has 3 heterocycles. The number of methoxy groups -OCH3 is 1. The molecule has 2 aromatic heterocycles. The van der Waals surface area contributed by atoms with Gasteiger partial charge in [-0.25, -0.2) is 9.18 Å². The van der Waals surface area contributed by atoms with Crippen molar-refractivity contribution in [3.8, 4) is 5.75 Å². The second-order valence-corrected chi connectivity index (χ2v) is 7.58. The molecule has 2 aliphatic rings. The number of rotatable bonds is 4. The molecule has 1 aliphatic heterocycles. The van der Waals surface area contributed by atoms with Crippen LogP contribution >= 0.6 is 12.4 Å². The van der Waals surface area contributed by atoms with Crippen molar-refractivity contribution >= 4 is 23.6 Å². The van der Waals surface area contributed by atoms with Crippen molar-refractivity contribution in [1.29, 1.82) is 0 Å². The summed E-state index contributed by atoms with van der Waals surface area (Å²) in [5, 5.41) is 0. The molecule has 2 aromatic rings. The molecule has 4 rings (SSSR count). The minimum absolute atomic E-state index is 0. The van der Waals surface area contributed by atoms with Gasteiger partial charge in [0.1, 0.15) is 11.2 Å². The second-order valence-electron chi connectivity index (χ2n) is 7.58. The van der Waals surface area contributed by atoms with Gasteiger partial charge < -0.3 is 21.2 Å². The van der Waals surface area contributed by atoms with Gasteiger partial charge in [-0.3, -0.25) is 9.20 Å². The van der Waals surface area contributed by atoms with Crippen LogP contribution in [0.4, 0.5) is 10.1 Å². The third-order valence-electron chi connectivity index (χ3n) is 5.73. The highest BCUT2D eigenvalue weighted by atomic mass is 35.5. The van der Waals surface area contributed by atoms with Gasteiger partial charge >= 0.3 is 5.69 Å². The first kappa shape index (κ1) is 20.5. The van der Waals surface area contributed by atoms with Crippen molar-refractivity contribution in [1.82, 2.24) is 9.08 Å². The highest BCUT2D eigenvalue weighted by Crippen LogP contribution is 2.45. The van der Waals surface area contributed by atoms with E-state index in [1.807, 2.05) is 11.8 Å². The molecule has 2 atom stereocenters. The van der Waals surface area contributed by atoms with Crippen LogP contribution in [0.1, 0.15) is 37.7 Å². The van der Waals surface area contributed by atoms with Crippen LogP contribution in [0.2, 0.25) is 0 Å². The molecule has 0 spiro atoms. The molecule has 4 N–H and O–H groups in total. The maximum atomic E-state index is 15.1. The molecule has 1 saturated heterocycles. The van der Waals surface area contributed by atoms with E-state index in [2.05, 4.69) is 0 Å². The third kappa shape index (κ3) is 3.02. The zero-order valence-electron chi connectivity index (χ0n) is 15.9. The Bertz CT molecular complexity index is 1030. The molecule has 0 aromatic carbocycles. The summed E-state index contributed by atoms with van der Waals surface area (Å²) in [6.45, 7) is 3.17. The molecule has 1 aliphatic carbocycles. The Labute approximate surface area is 167 Å². The van der Waals surface area contributed by atoms with Crippen molar-refractivity contribution in [3.63, 3.8) is 0 Å². The normalized spacial score (nSPS) is 20.3. The first-order chi connectivity index (χ1) is 12.8. The van der Waals surface area contributed by atoms with Gasteiger partial charge in [-0.05, 0) is 38.0 Å². The molecule has 2 fully saturated rings. The van der Waals surface area contributed by atoms with Crippen LogP contribution in [0.5, 0.6) is 5.75 Å². The number of hydrogen-bond donors (Lipinski definition) is 2. The van der Waals surface area contributed by atoms with E-state index >= 15 is 4.39 Å². The number of nitrogens with two attached hydrogens (primary N) is 2. The van der Waals surface area contributed by atoms with Crippen LogP contribution in [-0.4, -0.2) is 35.3 Å². The molecule has 0 bridgehead atoms. The number of nitrogens with zero attached hydrogens (tertiary/aromatic N) is 3. The highest BCUT2D eigenvalue weighted by molar-refractivity contribution is 5.85. The maximum Gasteiger partial charge on any atom is 0.354 e. The van der Waals surface area contributed by atoms with Gasteiger partial charge in [0.05, 0.1) is 18.9 Å². The third-order valence-corrected chi connectivity index (χ3v) is 5.73. The summed E-state index contributed by atoms with van der Waals surface area (Å²) in [6, 6.07) is -0.00130. The molecule has 8 nitrogen and oxygen atoms in total. The summed E-state index contributed by atoms with van der Waals surface area (Å²) >= 11 is 0. The molecule has 154 valence electrons. The summed E-state index contributed by atoms with van der Waals surface area (Å²) in [6.07, 6.45) is 3.60. The number of hydrogen-bond acceptors (Lipinski definition) is 6. The van der Waals surface area contributed by atoms with Gasteiger partial charge in [0.25, 0.3) is 5.56 Å². The van der Waals surface area contributed by atoms with Crippen LogP contribution in [0.25, 0.3) is 5.52 Å². The second kappa shape index (κ2) is 7.29. The lowest BCUT2D eigenvalue weighted by molar-refractivity contribution is 0.412. The van der Waals surface area contributed by atoms with Crippen molar-refractivity contribution in [2.75, 3.05) is 30.9 Å². The number of ether oxygens (including phenoxy) is 1. The largest absolute Gasteiger partial charge is 0.492 e. The van der Waals surface area contributed by atoms with E-state index in [-0.39, 0.29) is 41.7 Å². The SMILES string of the molecule is COc1c(N2CC[C@@H]([C@@H](C)N)C2)c(F)cn2c(=O)n(N)c(=O)c(C3CC3)c12.Cl. The molecule has 0 amide bonds. The lowest BCUT2D eigenvalue weighted by atomic mass is 10.0. The monoisotopic (exact) mass is 413 g/mol. The molecule has 0 radical (unpaired) electrons. The van der Waals surface area contributed by atoms with Crippen LogP contribution < -0.4 is 32.5 Å². The number of fused-ring (bicyclic) bond motifs is 1. The Balaban J connectivity index is 0.00000225. The van der Waals surface area contributed by atoms with Crippen molar-refractivity contribution in [2.24, 2.45) is 11.7 Å². The van der Waals surface area contributed by atoms with E-state index in [9.17, 15) is 9.59 Å². The fourth-order valence-electron chi connectivity index (χ4n) is 4.05. The number of pyridine rings is 1. The topological polar surface area (TPSA) is 108 Å². The zero-order valence-corrected chi connectivity index (χ0v) is 16.7. The summed E-state index contributed by atoms with van der Waals surface area (Å²) in [7, 11) is 1.42. The summed E-state index contributed by atoms with van der Waals surface area (Å²) in [5.74, 6) is 5.51. The molecule has 10 heteroatoms. The van der Waals surface area contributed by atoms with Crippen LogP contribution in [0.15, 0.2) is 15.8 Å². The minimum atomic E-state index is -0.793. The van der Waals surface area contributed by atoms with E-state index < -0.39 is 17.1 Å². The van der Waals surface area contributed by atoms with E-state index in [0.717, 1.165) is 29.9 Å². The summed E-state index contributed by atoms with van der Waals surface area (Å²) < 4.78 is 22.3. The molecule has 1 saturated carbocycles. The van der Waals surface area contributed by atoms with Gasteiger partial charge in [-0.15, -0.1) is 12.4 Å². The van der Waals surface area contributed by atoms with Gasteiger partial charge in [0.2, 0.25) is 0 Å². The summed E-state index contributed by atoms with van der Waals surface area (Å²) in [5.41, 5.74) is 5.68. The number of nitrogen functional groups attached to an aromatic ring is 1. The number of halogens is 2. The molecule has 0 unspecified atom stereocenters. The van der Waals surface area contributed by atoms with E-state index in [1.165, 1.54) is 7.11 Å². The van der Waals surface area contributed by atoms with Crippen molar-refractivity contribution in [3.05, 3.63) is 38.4 Å². The maximum absolute atomic E-state index is 15.1. The van der Waals surface area contributed by atoms with Crippen molar-refractivity contribution < 1.29 is 9.13 Å². The van der Waals surface area contributed by atoms with Gasteiger partial charge in [0, 0.05) is 19.1 Å². The molecular formula is C18H25ClFN5O3. The van der Waals surface area contributed by atoms with Gasteiger partial charge in [0.15, 0.2) is 11.6 Å². The first-order valence-electron chi connectivity index (χ1n) is 9.18. The highest BCUT2D eigenvalue weighted by Gasteiger charge is 2.35. The Morgan fingerprint density at radius 3 is 2.50 bits per heavy atom. The van der Waals surface area contributed by atoms with Gasteiger partial charge in [-0.1, -0.05) is 0 Å². The quantitative estimate of drug-likeness (QED) is 0.717. The van der Waals surface area contributed by atoms with Crippen molar-refractivity contribution in [2.45, 2.75) is 38.1 Å². The van der Waals surface area contributed by atoms with Gasteiger partial charge in [-0.2, -0.15) is 4.68 Å². The predicted octanol–water partition coefficient (Wildman–Crippen LogP) is 0.795.